The van der Waals surface area contributed by atoms with E-state index in [1.807, 2.05) is 19.1 Å². The first-order valence-electron chi connectivity index (χ1n) is 8.01. The number of aromatic nitrogens is 1. The predicted octanol–water partition coefficient (Wildman–Crippen LogP) is 2.27. The van der Waals surface area contributed by atoms with Gasteiger partial charge in [-0.1, -0.05) is 43.3 Å². The summed E-state index contributed by atoms with van der Waals surface area (Å²) in [5, 5.41) is 8.55. The van der Waals surface area contributed by atoms with Gasteiger partial charge in [-0.3, -0.25) is 0 Å². The summed E-state index contributed by atoms with van der Waals surface area (Å²) in [4.78, 5) is 0.214. The van der Waals surface area contributed by atoms with Crippen LogP contribution in [0, 0.1) is 0 Å². The number of hydrogen-bond donors (Lipinski definition) is 2. The Morgan fingerprint density at radius 2 is 1.65 bits per heavy atom. The van der Waals surface area contributed by atoms with Crippen molar-refractivity contribution < 1.29 is 8.42 Å². The standard InChI is InChI=1S/C18H19N5O2S/c1-2-16(21-22-18(19)20)15-12-23(17-11-7-6-10-14(15)17)26(24,25)13-8-4-3-5-9-13/h3-12H,2H2,1H3,(H4,19,20,22)/b21-16-. The van der Waals surface area contributed by atoms with Crippen LogP contribution in [0.1, 0.15) is 18.9 Å². The smallest absolute Gasteiger partial charge is 0.268 e. The van der Waals surface area contributed by atoms with E-state index in [0.717, 1.165) is 5.39 Å². The highest BCUT2D eigenvalue weighted by atomic mass is 32.2. The molecule has 8 heteroatoms. The van der Waals surface area contributed by atoms with E-state index < -0.39 is 10.0 Å². The van der Waals surface area contributed by atoms with Crippen molar-refractivity contribution in [1.82, 2.24) is 3.97 Å². The molecule has 0 aliphatic carbocycles. The molecule has 134 valence electrons. The highest BCUT2D eigenvalue weighted by molar-refractivity contribution is 7.90. The molecule has 0 aliphatic rings. The maximum Gasteiger partial charge on any atom is 0.268 e. The van der Waals surface area contributed by atoms with Crippen molar-refractivity contribution in [3.8, 4) is 0 Å². The number of guanidine groups is 1. The number of benzene rings is 2. The third kappa shape index (κ3) is 3.18. The van der Waals surface area contributed by atoms with Crippen molar-refractivity contribution in [3.05, 3.63) is 66.4 Å². The van der Waals surface area contributed by atoms with Crippen LogP contribution in [0.5, 0.6) is 0 Å². The highest BCUT2D eigenvalue weighted by Crippen LogP contribution is 2.27. The molecule has 1 aromatic heterocycles. The quantitative estimate of drug-likeness (QED) is 0.408. The topological polar surface area (TPSA) is 116 Å². The number of hydrogen-bond acceptors (Lipinski definition) is 4. The van der Waals surface area contributed by atoms with E-state index >= 15 is 0 Å². The minimum Gasteiger partial charge on any atom is -0.369 e. The zero-order valence-electron chi connectivity index (χ0n) is 14.2. The van der Waals surface area contributed by atoms with E-state index in [0.29, 0.717) is 23.2 Å². The molecule has 1 heterocycles. The van der Waals surface area contributed by atoms with Crippen LogP contribution in [0.25, 0.3) is 10.9 Å². The third-order valence-corrected chi connectivity index (χ3v) is 5.60. The predicted molar refractivity (Wildman–Crippen MR) is 104 cm³/mol. The Kier molecular flexibility index (Phi) is 4.77. The summed E-state index contributed by atoms with van der Waals surface area (Å²) in [5.41, 5.74) is 12.5. The van der Waals surface area contributed by atoms with Gasteiger partial charge in [-0.25, -0.2) is 12.4 Å². The Morgan fingerprint density at radius 1 is 1.00 bits per heavy atom. The average Bonchev–Trinajstić information content (AvgIpc) is 3.03. The Balaban J connectivity index is 2.27. The lowest BCUT2D eigenvalue weighted by Crippen LogP contribution is -2.22. The number of rotatable bonds is 5. The number of para-hydroxylation sites is 1. The molecular formula is C18H19N5O2S. The van der Waals surface area contributed by atoms with Crippen LogP contribution in [0.3, 0.4) is 0 Å². The molecule has 26 heavy (non-hydrogen) atoms. The Morgan fingerprint density at radius 3 is 2.31 bits per heavy atom. The van der Waals surface area contributed by atoms with Crippen LogP contribution in [-0.2, 0) is 10.0 Å². The SMILES string of the molecule is CC/C(=N/N=C(N)N)c1cn(S(=O)(=O)c2ccccc2)c2ccccc12. The van der Waals surface area contributed by atoms with E-state index in [1.165, 1.54) is 3.97 Å². The highest BCUT2D eigenvalue weighted by Gasteiger charge is 2.22. The van der Waals surface area contributed by atoms with Gasteiger partial charge in [-0.15, -0.1) is 5.10 Å². The van der Waals surface area contributed by atoms with Crippen LogP contribution in [-0.4, -0.2) is 24.1 Å². The minimum absolute atomic E-state index is 0.156. The van der Waals surface area contributed by atoms with Crippen LogP contribution < -0.4 is 11.5 Å². The molecule has 0 radical (unpaired) electrons. The van der Waals surface area contributed by atoms with E-state index in [2.05, 4.69) is 10.2 Å². The van der Waals surface area contributed by atoms with Crippen LogP contribution in [0.2, 0.25) is 0 Å². The first-order valence-corrected chi connectivity index (χ1v) is 9.45. The maximum absolute atomic E-state index is 13.1. The van der Waals surface area contributed by atoms with Crippen molar-refractivity contribution in [2.75, 3.05) is 0 Å². The maximum atomic E-state index is 13.1. The molecule has 2 aromatic carbocycles. The summed E-state index contributed by atoms with van der Waals surface area (Å²) in [5.74, 6) is -0.156. The first-order chi connectivity index (χ1) is 12.4. The van der Waals surface area contributed by atoms with Gasteiger partial charge in [-0.05, 0) is 24.6 Å². The Hall–Kier alpha value is -3.13. The summed E-state index contributed by atoms with van der Waals surface area (Å²) in [6, 6.07) is 15.5. The fraction of sp³-hybridized carbons (Fsp3) is 0.111. The minimum atomic E-state index is -3.74. The normalized spacial score (nSPS) is 12.3. The van der Waals surface area contributed by atoms with E-state index in [9.17, 15) is 8.42 Å². The van der Waals surface area contributed by atoms with Gasteiger partial charge in [0.05, 0.1) is 16.1 Å². The fourth-order valence-electron chi connectivity index (χ4n) is 2.72. The molecule has 0 saturated carbocycles. The second kappa shape index (κ2) is 7.01. The summed E-state index contributed by atoms with van der Waals surface area (Å²) in [6.45, 7) is 1.90. The molecule has 0 bridgehead atoms. The fourth-order valence-corrected chi connectivity index (χ4v) is 4.11. The molecule has 0 atom stereocenters. The Labute approximate surface area is 151 Å². The molecule has 0 amide bonds. The molecule has 0 aliphatic heterocycles. The van der Waals surface area contributed by atoms with Gasteiger partial charge in [-0.2, -0.15) is 5.10 Å². The molecule has 4 N–H and O–H groups in total. The van der Waals surface area contributed by atoms with E-state index in [-0.39, 0.29) is 10.9 Å². The van der Waals surface area contributed by atoms with Crippen molar-refractivity contribution >= 4 is 32.6 Å². The zero-order valence-corrected chi connectivity index (χ0v) is 15.0. The molecule has 0 fully saturated rings. The molecule has 0 spiro atoms. The van der Waals surface area contributed by atoms with Gasteiger partial charge in [0, 0.05) is 17.1 Å². The summed E-state index contributed by atoms with van der Waals surface area (Å²) in [6.07, 6.45) is 2.10. The molecule has 7 nitrogen and oxygen atoms in total. The Bertz CT molecular complexity index is 1100. The lowest BCUT2D eigenvalue weighted by molar-refractivity contribution is 0.589. The number of nitrogens with two attached hydrogens (primary N) is 2. The van der Waals surface area contributed by atoms with Gasteiger partial charge in [0.25, 0.3) is 10.0 Å². The second-order valence-corrected chi connectivity index (χ2v) is 7.41. The lowest BCUT2D eigenvalue weighted by atomic mass is 10.1. The van der Waals surface area contributed by atoms with Crippen molar-refractivity contribution in [1.29, 1.82) is 0 Å². The van der Waals surface area contributed by atoms with Crippen molar-refractivity contribution in [2.24, 2.45) is 21.7 Å². The summed E-state index contributed by atoms with van der Waals surface area (Å²) >= 11 is 0. The van der Waals surface area contributed by atoms with E-state index in [4.69, 9.17) is 11.5 Å². The molecule has 0 saturated heterocycles. The number of nitrogens with zero attached hydrogens (tertiary/aromatic N) is 3. The van der Waals surface area contributed by atoms with Crippen molar-refractivity contribution in [3.63, 3.8) is 0 Å². The molecular weight excluding hydrogens is 350 g/mol. The van der Waals surface area contributed by atoms with Gasteiger partial charge < -0.3 is 11.5 Å². The molecule has 0 unspecified atom stereocenters. The monoisotopic (exact) mass is 369 g/mol. The van der Waals surface area contributed by atoms with Crippen LogP contribution >= 0.6 is 0 Å². The first kappa shape index (κ1) is 17.7. The average molecular weight is 369 g/mol. The van der Waals surface area contributed by atoms with Gasteiger partial charge in [0.15, 0.2) is 0 Å². The molecule has 3 rings (SSSR count). The van der Waals surface area contributed by atoms with Crippen LogP contribution in [0.4, 0.5) is 0 Å². The van der Waals surface area contributed by atoms with Gasteiger partial charge in [0.1, 0.15) is 0 Å². The van der Waals surface area contributed by atoms with Crippen LogP contribution in [0.15, 0.2) is 75.9 Å². The summed E-state index contributed by atoms with van der Waals surface area (Å²) < 4.78 is 27.5. The van der Waals surface area contributed by atoms with E-state index in [1.54, 1.807) is 48.7 Å². The van der Waals surface area contributed by atoms with Crippen molar-refractivity contribution in [2.45, 2.75) is 18.2 Å². The molecule has 3 aromatic rings. The number of fused-ring (bicyclic) bond motifs is 1. The van der Waals surface area contributed by atoms with Gasteiger partial charge in [0.2, 0.25) is 5.96 Å². The second-order valence-electron chi connectivity index (χ2n) is 5.60. The van der Waals surface area contributed by atoms with Gasteiger partial charge >= 0.3 is 0 Å². The largest absolute Gasteiger partial charge is 0.369 e. The summed E-state index contributed by atoms with van der Waals surface area (Å²) in [7, 11) is -3.74. The zero-order chi connectivity index (χ0) is 18.7. The lowest BCUT2D eigenvalue weighted by Gasteiger charge is -2.07. The third-order valence-electron chi connectivity index (χ3n) is 3.91.